The van der Waals surface area contributed by atoms with Crippen LogP contribution in [0.4, 0.5) is 0 Å². The van der Waals surface area contributed by atoms with Gasteiger partial charge >= 0.3 is 0 Å². The van der Waals surface area contributed by atoms with E-state index in [1.165, 1.54) is 0 Å². The van der Waals surface area contributed by atoms with Crippen molar-refractivity contribution in [2.45, 2.75) is 19.4 Å². The minimum Gasteiger partial charge on any atom is -0.393 e. The molecular weight excluding hydrogens is 199 g/mol. The number of likely N-dealkylation sites (N-methyl/N-ethyl adjacent to an activating group) is 1. The fourth-order valence-corrected chi connectivity index (χ4v) is 0.739. The predicted molar refractivity (Wildman–Crippen MR) is 57.3 cm³/mol. The van der Waals surface area contributed by atoms with Gasteiger partial charge in [-0.2, -0.15) is 0 Å². The lowest BCUT2D eigenvalue weighted by Gasteiger charge is -2.15. The number of nitrogens with zero attached hydrogens (tertiary/aromatic N) is 1. The molecule has 1 unspecified atom stereocenters. The molecule has 0 aliphatic carbocycles. The minimum absolute atomic E-state index is 0. The quantitative estimate of drug-likeness (QED) is 0.707. The van der Waals surface area contributed by atoms with Gasteiger partial charge in [0.25, 0.3) is 0 Å². The molecule has 0 radical (unpaired) electrons. The molecule has 0 aromatic rings. The maximum atomic E-state index is 8.91. The molecule has 0 aliphatic heterocycles. The van der Waals surface area contributed by atoms with Gasteiger partial charge < -0.3 is 15.7 Å². The largest absolute Gasteiger partial charge is 0.393 e. The lowest BCUT2D eigenvalue weighted by molar-refractivity contribution is 0.165. The van der Waals surface area contributed by atoms with Gasteiger partial charge in [0, 0.05) is 19.6 Å². The summed E-state index contributed by atoms with van der Waals surface area (Å²) >= 11 is 0. The summed E-state index contributed by atoms with van der Waals surface area (Å²) in [6.45, 7) is 4.33. The van der Waals surface area contributed by atoms with Crippen molar-refractivity contribution in [1.82, 2.24) is 4.90 Å². The highest BCUT2D eigenvalue weighted by Gasteiger charge is 1.98. The Morgan fingerprint density at radius 3 is 2.17 bits per heavy atom. The molecule has 0 fully saturated rings. The summed E-state index contributed by atoms with van der Waals surface area (Å²) in [5.41, 5.74) is 5.33. The van der Waals surface area contributed by atoms with Gasteiger partial charge in [0.1, 0.15) is 0 Å². The SMILES string of the molecule is CC(O)CCN(C)CCN.Cl.Cl. The zero-order valence-corrected chi connectivity index (χ0v) is 9.33. The molecule has 0 saturated carbocycles. The molecule has 0 aromatic heterocycles. The Balaban J connectivity index is -0.000000405. The molecule has 0 amide bonds. The van der Waals surface area contributed by atoms with E-state index in [1.54, 1.807) is 6.92 Å². The predicted octanol–water partition coefficient (Wildman–Crippen LogP) is 0.491. The maximum Gasteiger partial charge on any atom is 0.0524 e. The monoisotopic (exact) mass is 218 g/mol. The van der Waals surface area contributed by atoms with Gasteiger partial charge in [-0.05, 0) is 20.4 Å². The molecule has 5 heteroatoms. The first-order chi connectivity index (χ1) is 4.66. The van der Waals surface area contributed by atoms with Crippen molar-refractivity contribution in [3.63, 3.8) is 0 Å². The number of rotatable bonds is 5. The third kappa shape index (κ3) is 13.1. The van der Waals surface area contributed by atoms with Crippen LogP contribution >= 0.6 is 24.8 Å². The second kappa shape index (κ2) is 11.5. The van der Waals surface area contributed by atoms with E-state index in [9.17, 15) is 0 Å². The van der Waals surface area contributed by atoms with Crippen molar-refractivity contribution in [2.24, 2.45) is 5.73 Å². The number of aliphatic hydroxyl groups excluding tert-OH is 1. The summed E-state index contributed by atoms with van der Waals surface area (Å²) in [4.78, 5) is 2.12. The highest BCUT2D eigenvalue weighted by molar-refractivity contribution is 5.85. The normalized spacial score (nSPS) is 11.8. The first-order valence-electron chi connectivity index (χ1n) is 3.73. The van der Waals surface area contributed by atoms with Crippen LogP contribution in [0, 0.1) is 0 Å². The van der Waals surface area contributed by atoms with Crippen LogP contribution < -0.4 is 5.73 Å². The van der Waals surface area contributed by atoms with E-state index in [0.717, 1.165) is 19.5 Å². The molecule has 3 nitrogen and oxygen atoms in total. The number of nitrogens with two attached hydrogens (primary N) is 1. The zero-order chi connectivity index (χ0) is 7.98. The molecule has 0 aromatic carbocycles. The molecule has 0 heterocycles. The van der Waals surface area contributed by atoms with Gasteiger partial charge in [-0.1, -0.05) is 0 Å². The van der Waals surface area contributed by atoms with Crippen LogP contribution in [0.2, 0.25) is 0 Å². The molecule has 0 aliphatic rings. The van der Waals surface area contributed by atoms with Gasteiger partial charge in [-0.15, -0.1) is 24.8 Å². The minimum atomic E-state index is -0.194. The van der Waals surface area contributed by atoms with Crippen molar-refractivity contribution in [3.05, 3.63) is 0 Å². The Morgan fingerprint density at radius 1 is 1.33 bits per heavy atom. The van der Waals surface area contributed by atoms with Gasteiger partial charge in [0.05, 0.1) is 6.10 Å². The van der Waals surface area contributed by atoms with Crippen LogP contribution in [0.3, 0.4) is 0 Å². The molecule has 3 N–H and O–H groups in total. The maximum absolute atomic E-state index is 8.91. The first kappa shape index (κ1) is 18.3. The van der Waals surface area contributed by atoms with Gasteiger partial charge in [-0.25, -0.2) is 0 Å². The second-order valence-electron chi connectivity index (χ2n) is 2.73. The number of hydrogen-bond acceptors (Lipinski definition) is 3. The summed E-state index contributed by atoms with van der Waals surface area (Å²) in [6, 6.07) is 0. The van der Waals surface area contributed by atoms with Crippen molar-refractivity contribution in [1.29, 1.82) is 0 Å². The molecular formula is C7H20Cl2N2O. The van der Waals surface area contributed by atoms with E-state index in [1.807, 2.05) is 7.05 Å². The lowest BCUT2D eigenvalue weighted by atomic mass is 10.3. The lowest BCUT2D eigenvalue weighted by Crippen LogP contribution is -2.28. The van der Waals surface area contributed by atoms with E-state index in [-0.39, 0.29) is 30.9 Å². The topological polar surface area (TPSA) is 49.5 Å². The summed E-state index contributed by atoms with van der Waals surface area (Å²) in [7, 11) is 2.01. The summed E-state index contributed by atoms with van der Waals surface area (Å²) in [5, 5.41) is 8.91. The standard InChI is InChI=1S/C7H18N2O.2ClH/c1-7(10)3-5-9(2)6-4-8;;/h7,10H,3-6,8H2,1-2H3;2*1H. The van der Waals surface area contributed by atoms with Gasteiger partial charge in [0.2, 0.25) is 0 Å². The number of hydrogen-bond donors (Lipinski definition) is 2. The molecule has 0 spiro atoms. The number of halogens is 2. The van der Waals surface area contributed by atoms with E-state index in [4.69, 9.17) is 10.8 Å². The summed E-state index contributed by atoms with van der Waals surface area (Å²) < 4.78 is 0. The number of aliphatic hydroxyl groups is 1. The third-order valence-corrected chi connectivity index (χ3v) is 1.44. The van der Waals surface area contributed by atoms with Crippen molar-refractivity contribution >= 4 is 24.8 Å². The Labute approximate surface area is 87.1 Å². The summed E-state index contributed by atoms with van der Waals surface area (Å²) in [5.74, 6) is 0. The average molecular weight is 219 g/mol. The smallest absolute Gasteiger partial charge is 0.0524 e. The van der Waals surface area contributed by atoms with Crippen molar-refractivity contribution in [3.8, 4) is 0 Å². The van der Waals surface area contributed by atoms with E-state index >= 15 is 0 Å². The Hall–Kier alpha value is 0.460. The molecule has 1 atom stereocenters. The Morgan fingerprint density at radius 2 is 1.83 bits per heavy atom. The van der Waals surface area contributed by atoms with Crippen molar-refractivity contribution in [2.75, 3.05) is 26.7 Å². The Kier molecular flexibility index (Phi) is 17.5. The van der Waals surface area contributed by atoms with E-state index < -0.39 is 0 Å². The fourth-order valence-electron chi connectivity index (χ4n) is 0.739. The molecule has 0 saturated heterocycles. The van der Waals surface area contributed by atoms with Crippen LogP contribution in [-0.4, -0.2) is 42.8 Å². The highest BCUT2D eigenvalue weighted by atomic mass is 35.5. The van der Waals surface area contributed by atoms with Crippen LogP contribution in [0.1, 0.15) is 13.3 Å². The molecule has 78 valence electrons. The van der Waals surface area contributed by atoms with E-state index in [2.05, 4.69) is 4.90 Å². The molecule has 0 rings (SSSR count). The first-order valence-corrected chi connectivity index (χ1v) is 3.73. The van der Waals surface area contributed by atoms with Crippen molar-refractivity contribution < 1.29 is 5.11 Å². The van der Waals surface area contributed by atoms with Crippen LogP contribution in [0.5, 0.6) is 0 Å². The fraction of sp³-hybridized carbons (Fsp3) is 1.00. The van der Waals surface area contributed by atoms with Gasteiger partial charge in [0.15, 0.2) is 0 Å². The zero-order valence-electron chi connectivity index (χ0n) is 7.69. The van der Waals surface area contributed by atoms with E-state index in [0.29, 0.717) is 6.54 Å². The average Bonchev–Trinajstić information content (AvgIpc) is 1.85. The molecule has 12 heavy (non-hydrogen) atoms. The van der Waals surface area contributed by atoms with Gasteiger partial charge in [-0.3, -0.25) is 0 Å². The summed E-state index contributed by atoms with van der Waals surface area (Å²) in [6.07, 6.45) is 0.636. The highest BCUT2D eigenvalue weighted by Crippen LogP contribution is 1.91. The second-order valence-corrected chi connectivity index (χ2v) is 2.73. The molecule has 0 bridgehead atoms. The van der Waals surface area contributed by atoms with Crippen LogP contribution in [0.15, 0.2) is 0 Å². The third-order valence-electron chi connectivity index (χ3n) is 1.44. The van der Waals surface area contributed by atoms with Crippen LogP contribution in [0.25, 0.3) is 0 Å². The Bertz CT molecular complexity index is 83.8. The van der Waals surface area contributed by atoms with Crippen LogP contribution in [-0.2, 0) is 0 Å².